The molecule has 0 aliphatic carbocycles. The number of amides is 1. The fraction of sp³-hybridized carbons (Fsp3) is 0.778. The van der Waals surface area contributed by atoms with Crippen LogP contribution in [-0.4, -0.2) is 32.4 Å². The maximum Gasteiger partial charge on any atom is 0.238 e. The third-order valence-electron chi connectivity index (χ3n) is 2.03. The number of hydrogen-bond donors (Lipinski definition) is 1. The van der Waals surface area contributed by atoms with Gasteiger partial charge < -0.3 is 5.32 Å². The Hall–Kier alpha value is -1.09. The van der Waals surface area contributed by atoms with Gasteiger partial charge in [-0.25, -0.2) is 8.42 Å². The van der Waals surface area contributed by atoms with E-state index in [1.807, 2.05) is 6.07 Å². The van der Waals surface area contributed by atoms with E-state index in [4.69, 9.17) is 5.26 Å². The van der Waals surface area contributed by atoms with Crippen LogP contribution in [0.25, 0.3) is 0 Å². The first-order valence-electron chi connectivity index (χ1n) is 4.73. The third kappa shape index (κ3) is 6.07. The van der Waals surface area contributed by atoms with Crippen molar-refractivity contribution in [2.45, 2.75) is 31.4 Å². The van der Waals surface area contributed by atoms with E-state index in [2.05, 4.69) is 5.32 Å². The zero-order valence-corrected chi connectivity index (χ0v) is 9.80. The molecule has 1 N–H and O–H groups in total. The normalized spacial score (nSPS) is 12.9. The zero-order valence-electron chi connectivity index (χ0n) is 8.99. The lowest BCUT2D eigenvalue weighted by molar-refractivity contribution is -0.120. The van der Waals surface area contributed by atoms with Crippen LogP contribution in [0.1, 0.15) is 26.2 Å². The molecule has 0 fully saturated rings. The summed E-state index contributed by atoms with van der Waals surface area (Å²) in [6.45, 7) is 1.78. The van der Waals surface area contributed by atoms with Crippen LogP contribution in [0.5, 0.6) is 0 Å². The van der Waals surface area contributed by atoms with Gasteiger partial charge in [-0.05, 0) is 19.8 Å². The molecule has 0 bridgehead atoms. The summed E-state index contributed by atoms with van der Waals surface area (Å²) in [5.41, 5.74) is 0. The number of unbranched alkanes of at least 4 members (excludes halogenated alkanes) is 2. The predicted octanol–water partition coefficient (Wildman–Crippen LogP) is 0.230. The summed E-state index contributed by atoms with van der Waals surface area (Å²) in [5, 5.41) is 9.77. The van der Waals surface area contributed by atoms with Crippen molar-refractivity contribution < 1.29 is 13.2 Å². The molecule has 0 saturated carbocycles. The molecule has 0 aromatic heterocycles. The monoisotopic (exact) mass is 232 g/mol. The van der Waals surface area contributed by atoms with Gasteiger partial charge in [0, 0.05) is 19.2 Å². The van der Waals surface area contributed by atoms with Crippen molar-refractivity contribution in [3.8, 4) is 6.07 Å². The SMILES string of the molecule is CC(C(=O)NCCCCC#N)S(C)(=O)=O. The lowest BCUT2D eigenvalue weighted by atomic mass is 10.2. The second-order valence-electron chi connectivity index (χ2n) is 3.38. The largest absolute Gasteiger partial charge is 0.355 e. The first kappa shape index (κ1) is 13.9. The number of sulfone groups is 1. The maximum atomic E-state index is 11.3. The third-order valence-corrected chi connectivity index (χ3v) is 3.52. The molecule has 0 radical (unpaired) electrons. The molecule has 1 amide bonds. The van der Waals surface area contributed by atoms with E-state index in [1.165, 1.54) is 6.92 Å². The fourth-order valence-electron chi connectivity index (χ4n) is 0.879. The molecular weight excluding hydrogens is 216 g/mol. The Morgan fingerprint density at radius 3 is 2.53 bits per heavy atom. The standard InChI is InChI=1S/C9H16N2O3S/c1-8(15(2,13)14)9(12)11-7-5-3-4-6-10/h8H,3-5,7H2,1-2H3,(H,11,12). The highest BCUT2D eigenvalue weighted by atomic mass is 32.2. The summed E-state index contributed by atoms with van der Waals surface area (Å²) in [6, 6.07) is 1.99. The molecule has 0 saturated heterocycles. The molecule has 0 rings (SSSR count). The number of carbonyl (C=O) groups excluding carboxylic acids is 1. The average molecular weight is 232 g/mol. The van der Waals surface area contributed by atoms with Crippen molar-refractivity contribution in [2.24, 2.45) is 0 Å². The van der Waals surface area contributed by atoms with Gasteiger partial charge >= 0.3 is 0 Å². The van der Waals surface area contributed by atoms with E-state index < -0.39 is 21.0 Å². The summed E-state index contributed by atoms with van der Waals surface area (Å²) in [4.78, 5) is 11.3. The number of hydrogen-bond acceptors (Lipinski definition) is 4. The smallest absolute Gasteiger partial charge is 0.238 e. The second kappa shape index (κ2) is 6.40. The van der Waals surface area contributed by atoms with Gasteiger partial charge in [0.05, 0.1) is 6.07 Å². The van der Waals surface area contributed by atoms with Gasteiger partial charge in [-0.15, -0.1) is 0 Å². The number of nitrogens with zero attached hydrogens (tertiary/aromatic N) is 1. The number of nitriles is 1. The Morgan fingerprint density at radius 2 is 2.07 bits per heavy atom. The molecule has 1 atom stereocenters. The Labute approximate surface area is 90.4 Å². The average Bonchev–Trinajstić information content (AvgIpc) is 2.14. The molecule has 1 unspecified atom stereocenters. The van der Waals surface area contributed by atoms with Crippen LogP contribution >= 0.6 is 0 Å². The van der Waals surface area contributed by atoms with Crippen LogP contribution in [0, 0.1) is 11.3 Å². The van der Waals surface area contributed by atoms with E-state index in [-0.39, 0.29) is 0 Å². The summed E-state index contributed by atoms with van der Waals surface area (Å²) in [5.74, 6) is -0.477. The molecule has 0 aliphatic heterocycles. The first-order valence-corrected chi connectivity index (χ1v) is 6.68. The molecule has 6 heteroatoms. The zero-order chi connectivity index (χ0) is 11.9. The number of carbonyl (C=O) groups is 1. The Kier molecular flexibility index (Phi) is 5.94. The molecule has 86 valence electrons. The van der Waals surface area contributed by atoms with Gasteiger partial charge in [0.1, 0.15) is 5.25 Å². The summed E-state index contributed by atoms with van der Waals surface area (Å²) in [7, 11) is -3.31. The van der Waals surface area contributed by atoms with E-state index in [1.54, 1.807) is 0 Å². The molecule has 0 aromatic carbocycles. The first-order chi connectivity index (χ1) is 6.89. The lowest BCUT2D eigenvalue weighted by Crippen LogP contribution is -2.37. The molecule has 0 aromatic rings. The van der Waals surface area contributed by atoms with Gasteiger partial charge in [-0.2, -0.15) is 5.26 Å². The predicted molar refractivity (Wildman–Crippen MR) is 56.8 cm³/mol. The maximum absolute atomic E-state index is 11.3. The fourth-order valence-corrected chi connectivity index (χ4v) is 1.35. The molecular formula is C9H16N2O3S. The van der Waals surface area contributed by atoms with Gasteiger partial charge in [0.15, 0.2) is 9.84 Å². The Bertz CT molecular complexity index is 343. The van der Waals surface area contributed by atoms with Gasteiger partial charge in [-0.3, -0.25) is 4.79 Å². The van der Waals surface area contributed by atoms with Crippen LogP contribution in [-0.2, 0) is 14.6 Å². The molecule has 0 aliphatic rings. The van der Waals surface area contributed by atoms with Gasteiger partial charge in [0.2, 0.25) is 5.91 Å². The van der Waals surface area contributed by atoms with E-state index >= 15 is 0 Å². The summed E-state index contributed by atoms with van der Waals surface area (Å²) < 4.78 is 22.0. The van der Waals surface area contributed by atoms with Gasteiger partial charge in [-0.1, -0.05) is 0 Å². The minimum Gasteiger partial charge on any atom is -0.355 e. The highest BCUT2D eigenvalue weighted by Gasteiger charge is 2.22. The van der Waals surface area contributed by atoms with E-state index in [9.17, 15) is 13.2 Å². The van der Waals surface area contributed by atoms with Crippen molar-refractivity contribution in [2.75, 3.05) is 12.8 Å². The summed E-state index contributed by atoms with van der Waals surface area (Å²) >= 11 is 0. The minimum atomic E-state index is -3.31. The summed E-state index contributed by atoms with van der Waals surface area (Å²) in [6.07, 6.45) is 2.89. The molecule has 15 heavy (non-hydrogen) atoms. The van der Waals surface area contributed by atoms with Crippen molar-refractivity contribution in [3.63, 3.8) is 0 Å². The lowest BCUT2D eigenvalue weighted by Gasteiger charge is -2.09. The Morgan fingerprint density at radius 1 is 1.47 bits per heavy atom. The highest BCUT2D eigenvalue weighted by Crippen LogP contribution is 1.98. The quantitative estimate of drug-likeness (QED) is 0.664. The topological polar surface area (TPSA) is 87.0 Å². The van der Waals surface area contributed by atoms with Crippen LogP contribution in [0.15, 0.2) is 0 Å². The molecule has 0 heterocycles. The number of nitrogens with one attached hydrogen (secondary N) is 1. The van der Waals surface area contributed by atoms with Crippen molar-refractivity contribution >= 4 is 15.7 Å². The number of rotatable bonds is 6. The highest BCUT2D eigenvalue weighted by molar-refractivity contribution is 7.92. The van der Waals surface area contributed by atoms with Crippen LogP contribution in [0.4, 0.5) is 0 Å². The van der Waals surface area contributed by atoms with Crippen LogP contribution < -0.4 is 5.32 Å². The van der Waals surface area contributed by atoms with Crippen LogP contribution in [0.2, 0.25) is 0 Å². The Balaban J connectivity index is 3.82. The minimum absolute atomic E-state index is 0.417. The van der Waals surface area contributed by atoms with Gasteiger partial charge in [0.25, 0.3) is 0 Å². The van der Waals surface area contributed by atoms with E-state index in [0.717, 1.165) is 6.26 Å². The second-order valence-corrected chi connectivity index (χ2v) is 5.74. The molecule has 5 nitrogen and oxygen atoms in total. The molecule has 0 spiro atoms. The van der Waals surface area contributed by atoms with Crippen molar-refractivity contribution in [1.29, 1.82) is 5.26 Å². The van der Waals surface area contributed by atoms with E-state index in [0.29, 0.717) is 25.8 Å². The van der Waals surface area contributed by atoms with Crippen LogP contribution in [0.3, 0.4) is 0 Å². The van der Waals surface area contributed by atoms with Crippen molar-refractivity contribution in [1.82, 2.24) is 5.32 Å². The van der Waals surface area contributed by atoms with Crippen molar-refractivity contribution in [3.05, 3.63) is 0 Å².